The van der Waals surface area contributed by atoms with E-state index in [1.54, 1.807) is 6.26 Å². The first kappa shape index (κ1) is 9.99. The van der Waals surface area contributed by atoms with Gasteiger partial charge in [-0.2, -0.15) is 0 Å². The van der Waals surface area contributed by atoms with Crippen LogP contribution in [-0.2, 0) is 6.54 Å². The van der Waals surface area contributed by atoms with E-state index in [0.717, 1.165) is 31.5 Å². The molecule has 0 atom stereocenters. The summed E-state index contributed by atoms with van der Waals surface area (Å²) in [5.74, 6) is 0. The van der Waals surface area contributed by atoms with Crippen LogP contribution in [0.3, 0.4) is 0 Å². The van der Waals surface area contributed by atoms with Crippen LogP contribution in [0.15, 0.2) is 16.9 Å². The Morgan fingerprint density at radius 1 is 1.38 bits per heavy atom. The summed E-state index contributed by atoms with van der Waals surface area (Å²) >= 11 is 0. The van der Waals surface area contributed by atoms with Crippen LogP contribution in [0.5, 0.6) is 0 Å². The van der Waals surface area contributed by atoms with E-state index in [9.17, 15) is 4.79 Å². The van der Waals surface area contributed by atoms with E-state index >= 15 is 0 Å². The lowest BCUT2D eigenvalue weighted by Crippen LogP contribution is -2.22. The molecular weight excluding hydrogens is 166 g/mol. The van der Waals surface area contributed by atoms with Gasteiger partial charge < -0.3 is 4.42 Å². The zero-order chi connectivity index (χ0) is 9.68. The second-order valence-corrected chi connectivity index (χ2v) is 2.93. The Bertz CT molecular complexity index is 264. The zero-order valence-corrected chi connectivity index (χ0v) is 8.12. The molecule has 0 aromatic carbocycles. The molecule has 0 N–H and O–H groups in total. The van der Waals surface area contributed by atoms with E-state index in [0.29, 0.717) is 5.56 Å². The molecule has 0 aliphatic heterocycles. The van der Waals surface area contributed by atoms with Gasteiger partial charge in [-0.15, -0.1) is 0 Å². The maximum Gasteiger partial charge on any atom is 0.153 e. The van der Waals surface area contributed by atoms with Crippen molar-refractivity contribution in [3.63, 3.8) is 0 Å². The molecule has 0 spiro atoms. The van der Waals surface area contributed by atoms with E-state index in [1.807, 2.05) is 0 Å². The SMILES string of the molecule is CCN(CC)Cc1cocc1C=O. The minimum Gasteiger partial charge on any atom is -0.472 e. The Kier molecular flexibility index (Phi) is 3.71. The third kappa shape index (κ3) is 2.42. The van der Waals surface area contributed by atoms with Gasteiger partial charge in [-0.1, -0.05) is 13.8 Å². The second kappa shape index (κ2) is 4.82. The summed E-state index contributed by atoms with van der Waals surface area (Å²) in [6.45, 7) is 6.96. The number of nitrogens with zero attached hydrogens (tertiary/aromatic N) is 1. The molecule has 0 saturated carbocycles. The molecule has 0 aliphatic carbocycles. The van der Waals surface area contributed by atoms with Crippen LogP contribution in [0.2, 0.25) is 0 Å². The standard InChI is InChI=1S/C10H15NO2/c1-3-11(4-2)5-9-7-13-8-10(9)6-12/h6-8H,3-5H2,1-2H3. The molecule has 0 unspecified atom stereocenters. The van der Waals surface area contributed by atoms with Crippen LogP contribution in [-0.4, -0.2) is 24.3 Å². The van der Waals surface area contributed by atoms with Crippen molar-refractivity contribution in [3.8, 4) is 0 Å². The maximum atomic E-state index is 10.6. The number of furan rings is 1. The highest BCUT2D eigenvalue weighted by atomic mass is 16.3. The van der Waals surface area contributed by atoms with Crippen LogP contribution in [0.1, 0.15) is 29.8 Å². The highest BCUT2D eigenvalue weighted by molar-refractivity contribution is 5.76. The molecule has 0 bridgehead atoms. The molecule has 0 saturated heterocycles. The van der Waals surface area contributed by atoms with Crippen molar-refractivity contribution in [1.82, 2.24) is 4.90 Å². The lowest BCUT2D eigenvalue weighted by molar-refractivity contribution is 0.112. The normalized spacial score (nSPS) is 10.7. The monoisotopic (exact) mass is 181 g/mol. The van der Waals surface area contributed by atoms with Crippen molar-refractivity contribution in [2.45, 2.75) is 20.4 Å². The molecule has 0 amide bonds. The Morgan fingerprint density at radius 2 is 2.08 bits per heavy atom. The van der Waals surface area contributed by atoms with Crippen molar-refractivity contribution >= 4 is 6.29 Å². The van der Waals surface area contributed by atoms with Gasteiger partial charge in [0.25, 0.3) is 0 Å². The van der Waals surface area contributed by atoms with Crippen LogP contribution >= 0.6 is 0 Å². The minimum absolute atomic E-state index is 0.659. The molecule has 1 rings (SSSR count). The first-order chi connectivity index (χ1) is 6.31. The zero-order valence-electron chi connectivity index (χ0n) is 8.12. The van der Waals surface area contributed by atoms with Gasteiger partial charge in [0.2, 0.25) is 0 Å². The quantitative estimate of drug-likeness (QED) is 0.651. The molecule has 1 aromatic heterocycles. The number of carbonyl (C=O) groups excluding carboxylic acids is 1. The van der Waals surface area contributed by atoms with Gasteiger partial charge in [-0.25, -0.2) is 0 Å². The summed E-state index contributed by atoms with van der Waals surface area (Å²) in [7, 11) is 0. The smallest absolute Gasteiger partial charge is 0.153 e. The Balaban J connectivity index is 2.66. The third-order valence-electron chi connectivity index (χ3n) is 2.19. The fourth-order valence-corrected chi connectivity index (χ4v) is 1.25. The highest BCUT2D eigenvalue weighted by Gasteiger charge is 2.07. The highest BCUT2D eigenvalue weighted by Crippen LogP contribution is 2.10. The molecule has 0 radical (unpaired) electrons. The molecule has 3 nitrogen and oxygen atoms in total. The van der Waals surface area contributed by atoms with E-state index in [2.05, 4.69) is 18.7 Å². The largest absolute Gasteiger partial charge is 0.472 e. The predicted molar refractivity (Wildman–Crippen MR) is 50.7 cm³/mol. The molecule has 0 fully saturated rings. The number of carbonyl (C=O) groups is 1. The van der Waals surface area contributed by atoms with Gasteiger partial charge in [-0.3, -0.25) is 9.69 Å². The van der Waals surface area contributed by atoms with Gasteiger partial charge in [0.05, 0.1) is 11.8 Å². The average Bonchev–Trinajstić information content (AvgIpc) is 2.61. The van der Waals surface area contributed by atoms with Crippen LogP contribution < -0.4 is 0 Å². The molecule has 3 heteroatoms. The predicted octanol–water partition coefficient (Wildman–Crippen LogP) is 1.93. The maximum absolute atomic E-state index is 10.6. The van der Waals surface area contributed by atoms with Crippen molar-refractivity contribution in [2.75, 3.05) is 13.1 Å². The van der Waals surface area contributed by atoms with Gasteiger partial charge in [0.15, 0.2) is 6.29 Å². The van der Waals surface area contributed by atoms with Crippen LogP contribution in [0.4, 0.5) is 0 Å². The third-order valence-corrected chi connectivity index (χ3v) is 2.19. The average molecular weight is 181 g/mol. The second-order valence-electron chi connectivity index (χ2n) is 2.93. The van der Waals surface area contributed by atoms with Gasteiger partial charge >= 0.3 is 0 Å². The van der Waals surface area contributed by atoms with Crippen molar-refractivity contribution in [3.05, 3.63) is 23.7 Å². The summed E-state index contributed by atoms with van der Waals surface area (Å²) < 4.78 is 4.97. The molecule has 1 aromatic rings. The molecule has 0 aliphatic rings. The van der Waals surface area contributed by atoms with Gasteiger partial charge in [0, 0.05) is 12.1 Å². The lowest BCUT2D eigenvalue weighted by Gasteiger charge is -2.16. The summed E-state index contributed by atoms with van der Waals surface area (Å²) in [5, 5.41) is 0. The Labute approximate surface area is 78.3 Å². The Hall–Kier alpha value is -1.09. The summed E-state index contributed by atoms with van der Waals surface area (Å²) in [5.41, 5.74) is 1.63. The molecule has 1 heterocycles. The van der Waals surface area contributed by atoms with Crippen molar-refractivity contribution < 1.29 is 9.21 Å². The van der Waals surface area contributed by atoms with Gasteiger partial charge in [0.1, 0.15) is 6.26 Å². The van der Waals surface area contributed by atoms with E-state index in [4.69, 9.17) is 4.42 Å². The van der Waals surface area contributed by atoms with E-state index in [-0.39, 0.29) is 0 Å². The minimum atomic E-state index is 0.659. The Morgan fingerprint density at radius 3 is 2.62 bits per heavy atom. The fraction of sp³-hybridized carbons (Fsp3) is 0.500. The molecule has 72 valence electrons. The first-order valence-corrected chi connectivity index (χ1v) is 4.54. The topological polar surface area (TPSA) is 33.5 Å². The van der Waals surface area contributed by atoms with Gasteiger partial charge in [-0.05, 0) is 13.1 Å². The van der Waals surface area contributed by atoms with Crippen molar-refractivity contribution in [1.29, 1.82) is 0 Å². The molecular formula is C10H15NO2. The fourth-order valence-electron chi connectivity index (χ4n) is 1.25. The van der Waals surface area contributed by atoms with Crippen LogP contribution in [0.25, 0.3) is 0 Å². The number of hydrogen-bond acceptors (Lipinski definition) is 3. The summed E-state index contributed by atoms with van der Waals surface area (Å²) in [6, 6.07) is 0. The van der Waals surface area contributed by atoms with E-state index < -0.39 is 0 Å². The van der Waals surface area contributed by atoms with E-state index in [1.165, 1.54) is 6.26 Å². The summed E-state index contributed by atoms with van der Waals surface area (Å²) in [6.07, 6.45) is 3.97. The number of rotatable bonds is 5. The number of hydrogen-bond donors (Lipinski definition) is 0. The van der Waals surface area contributed by atoms with Crippen LogP contribution in [0, 0.1) is 0 Å². The van der Waals surface area contributed by atoms with Crippen molar-refractivity contribution in [2.24, 2.45) is 0 Å². The number of aldehydes is 1. The lowest BCUT2D eigenvalue weighted by atomic mass is 10.2. The molecule has 13 heavy (non-hydrogen) atoms. The first-order valence-electron chi connectivity index (χ1n) is 4.54. The summed E-state index contributed by atoms with van der Waals surface area (Å²) in [4.78, 5) is 12.8.